The lowest BCUT2D eigenvalue weighted by molar-refractivity contribution is -0.150. The zero-order chi connectivity index (χ0) is 33.0. The molecule has 1 amide bonds. The third-order valence-corrected chi connectivity index (χ3v) is 8.92. The number of amides is 1. The van der Waals surface area contributed by atoms with Gasteiger partial charge in [-0.05, 0) is 42.0 Å². The van der Waals surface area contributed by atoms with E-state index in [0.29, 0.717) is 0 Å². The number of nitriles is 1. The molecule has 15 heteroatoms. The second-order valence-corrected chi connectivity index (χ2v) is 14.3. The van der Waals surface area contributed by atoms with Crippen LogP contribution in [0.1, 0.15) is 50.2 Å². The molecule has 2 aromatic rings. The Morgan fingerprint density at radius 3 is 2.55 bits per heavy atom. The molecule has 0 aromatic heterocycles. The van der Waals surface area contributed by atoms with Gasteiger partial charge in [0.1, 0.15) is 29.7 Å². The third kappa shape index (κ3) is 8.24. The Balaban J connectivity index is 2.20. The molecule has 10 nitrogen and oxygen atoms in total. The maximum Gasteiger partial charge on any atom is 0.323 e. The molecule has 3 rings (SSSR count). The summed E-state index contributed by atoms with van der Waals surface area (Å²) in [6, 6.07) is 7.41. The van der Waals surface area contributed by atoms with E-state index in [4.69, 9.17) is 33.7 Å². The molecular formula is C29H34Cl2F2N4O6S. The maximum atomic E-state index is 15.8. The SMILES string of the molecule is CC(C)(CCNS(C)(=O)=O)C[C@@H]1N[C@@H](C(=O)OC[C@@H](O)CC(N)=O)[C@H](c2cccc(Cl)c2F)[C@@]1(C#N)c1ccc(Cl)cc1F. The Kier molecular flexibility index (Phi) is 11.4. The van der Waals surface area contributed by atoms with Crippen LogP contribution in [0.15, 0.2) is 36.4 Å². The Bertz CT molecular complexity index is 1550. The fourth-order valence-corrected chi connectivity index (χ4v) is 6.52. The molecule has 44 heavy (non-hydrogen) atoms. The number of hydrogen-bond acceptors (Lipinski definition) is 8. The Morgan fingerprint density at radius 1 is 1.27 bits per heavy atom. The first-order valence-corrected chi connectivity index (χ1v) is 16.2. The van der Waals surface area contributed by atoms with Gasteiger partial charge in [0.2, 0.25) is 15.9 Å². The fraction of sp³-hybridized carbons (Fsp3) is 0.483. The van der Waals surface area contributed by atoms with E-state index in [1.807, 2.05) is 0 Å². The van der Waals surface area contributed by atoms with Crippen LogP contribution in [0.3, 0.4) is 0 Å². The number of carbonyl (C=O) groups excluding carboxylic acids is 2. The van der Waals surface area contributed by atoms with Crippen LogP contribution in [-0.2, 0) is 29.8 Å². The highest BCUT2D eigenvalue weighted by Crippen LogP contribution is 2.53. The minimum Gasteiger partial charge on any atom is -0.462 e. The molecule has 2 aromatic carbocycles. The van der Waals surface area contributed by atoms with Crippen LogP contribution in [0, 0.1) is 28.4 Å². The predicted molar refractivity (Wildman–Crippen MR) is 160 cm³/mol. The largest absolute Gasteiger partial charge is 0.462 e. The van der Waals surface area contributed by atoms with Gasteiger partial charge in [0.25, 0.3) is 0 Å². The number of aliphatic hydroxyl groups excluding tert-OH is 1. The molecule has 1 fully saturated rings. The number of esters is 1. The standard InChI is InChI=1S/C29H34Cl2F2N4O6S/c1-28(2,9-10-36-44(3,41)42)13-22-29(15-34,19-8-7-16(30)11-21(19)32)24(18-5-4-6-20(31)25(18)33)26(37-22)27(40)43-14-17(38)12-23(35)39/h4-8,11,17,22,24,26,36-38H,9-10,12-14H2,1-3H3,(H2,35,39)/t17-,22-,24-,26+,29-/m0/s1. The number of benzene rings is 2. The molecular weight excluding hydrogens is 641 g/mol. The highest BCUT2D eigenvalue weighted by atomic mass is 35.5. The zero-order valence-corrected chi connectivity index (χ0v) is 26.6. The van der Waals surface area contributed by atoms with Gasteiger partial charge in [0.05, 0.1) is 29.9 Å². The topological polar surface area (TPSA) is 172 Å². The fourth-order valence-electron chi connectivity index (χ4n) is 5.71. The van der Waals surface area contributed by atoms with Crippen LogP contribution < -0.4 is 15.8 Å². The van der Waals surface area contributed by atoms with E-state index < -0.39 is 81.5 Å². The molecule has 0 radical (unpaired) electrons. The number of carbonyl (C=O) groups is 2. The van der Waals surface area contributed by atoms with E-state index in [2.05, 4.69) is 16.1 Å². The van der Waals surface area contributed by atoms with E-state index in [9.17, 15) is 28.4 Å². The second-order valence-electron chi connectivity index (χ2n) is 11.7. The molecule has 0 bridgehead atoms. The first-order chi connectivity index (χ1) is 20.4. The number of nitrogens with zero attached hydrogens (tertiary/aromatic N) is 1. The molecule has 240 valence electrons. The molecule has 0 spiro atoms. The summed E-state index contributed by atoms with van der Waals surface area (Å²) in [5.74, 6) is -5.07. The van der Waals surface area contributed by atoms with Gasteiger partial charge in [-0.25, -0.2) is 21.9 Å². The van der Waals surface area contributed by atoms with Crippen molar-refractivity contribution in [2.75, 3.05) is 19.4 Å². The van der Waals surface area contributed by atoms with Crippen molar-refractivity contribution in [3.63, 3.8) is 0 Å². The predicted octanol–water partition coefficient (Wildman–Crippen LogP) is 3.29. The van der Waals surface area contributed by atoms with Crippen molar-refractivity contribution >= 4 is 45.1 Å². The number of nitrogens with one attached hydrogen (secondary N) is 2. The lowest BCUT2D eigenvalue weighted by Crippen LogP contribution is -2.45. The summed E-state index contributed by atoms with van der Waals surface area (Å²) in [6.45, 7) is 3.04. The second kappa shape index (κ2) is 14.1. The summed E-state index contributed by atoms with van der Waals surface area (Å²) in [5.41, 5.74) is 2.10. The molecule has 1 aliphatic rings. The third-order valence-electron chi connectivity index (χ3n) is 7.66. The number of hydrogen-bond donors (Lipinski definition) is 4. The lowest BCUT2D eigenvalue weighted by Gasteiger charge is -2.38. The van der Waals surface area contributed by atoms with E-state index in [0.717, 1.165) is 12.3 Å². The number of sulfonamides is 1. The van der Waals surface area contributed by atoms with E-state index in [1.54, 1.807) is 13.8 Å². The average molecular weight is 676 g/mol. The Morgan fingerprint density at radius 2 is 1.95 bits per heavy atom. The Hall–Kier alpha value is -2.86. The number of halogens is 4. The van der Waals surface area contributed by atoms with Gasteiger partial charge in [0, 0.05) is 29.1 Å². The van der Waals surface area contributed by atoms with Crippen LogP contribution in [0.4, 0.5) is 8.78 Å². The first kappa shape index (κ1) is 35.6. The van der Waals surface area contributed by atoms with Crippen molar-refractivity contribution in [1.82, 2.24) is 10.0 Å². The van der Waals surface area contributed by atoms with Gasteiger partial charge >= 0.3 is 5.97 Å². The minimum absolute atomic E-state index is 0.0407. The van der Waals surface area contributed by atoms with Gasteiger partial charge in [-0.3, -0.25) is 14.9 Å². The molecule has 5 atom stereocenters. The van der Waals surface area contributed by atoms with Crippen molar-refractivity contribution in [1.29, 1.82) is 5.26 Å². The van der Waals surface area contributed by atoms with Gasteiger partial charge < -0.3 is 15.6 Å². The quantitative estimate of drug-likeness (QED) is 0.234. The van der Waals surface area contributed by atoms with Crippen LogP contribution in [-0.4, -0.2) is 63.0 Å². The highest BCUT2D eigenvalue weighted by Gasteiger charge is 2.61. The number of aliphatic hydroxyl groups is 1. The molecule has 0 saturated carbocycles. The summed E-state index contributed by atoms with van der Waals surface area (Å²) < 4.78 is 62.6. The number of rotatable bonds is 13. The van der Waals surface area contributed by atoms with Gasteiger partial charge in [0.15, 0.2) is 0 Å². The van der Waals surface area contributed by atoms with Crippen molar-refractivity contribution in [2.45, 2.75) is 62.6 Å². The average Bonchev–Trinajstić information content (AvgIpc) is 3.21. The first-order valence-electron chi connectivity index (χ1n) is 13.6. The molecule has 1 aliphatic heterocycles. The molecule has 0 unspecified atom stereocenters. The van der Waals surface area contributed by atoms with Crippen molar-refractivity contribution in [3.8, 4) is 6.07 Å². The summed E-state index contributed by atoms with van der Waals surface area (Å²) in [6.07, 6.45) is -0.531. The summed E-state index contributed by atoms with van der Waals surface area (Å²) in [7, 11) is -3.49. The summed E-state index contributed by atoms with van der Waals surface area (Å²) in [4.78, 5) is 24.8. The number of nitrogens with two attached hydrogens (primary N) is 1. The Labute approximate surface area is 264 Å². The van der Waals surface area contributed by atoms with Crippen LogP contribution in [0.2, 0.25) is 10.0 Å². The van der Waals surface area contributed by atoms with Crippen LogP contribution >= 0.6 is 23.2 Å². The summed E-state index contributed by atoms with van der Waals surface area (Å²) >= 11 is 12.2. The van der Waals surface area contributed by atoms with Crippen LogP contribution in [0.25, 0.3) is 0 Å². The van der Waals surface area contributed by atoms with Gasteiger partial charge in [-0.15, -0.1) is 0 Å². The van der Waals surface area contributed by atoms with E-state index in [1.165, 1.54) is 30.3 Å². The summed E-state index contributed by atoms with van der Waals surface area (Å²) in [5, 5.41) is 23.8. The van der Waals surface area contributed by atoms with Crippen LogP contribution in [0.5, 0.6) is 0 Å². The monoisotopic (exact) mass is 674 g/mol. The number of ether oxygens (including phenoxy) is 1. The zero-order valence-electron chi connectivity index (χ0n) is 24.2. The molecule has 0 aliphatic carbocycles. The van der Waals surface area contributed by atoms with Gasteiger partial charge in [-0.2, -0.15) is 5.26 Å². The minimum atomic E-state index is -3.49. The lowest BCUT2D eigenvalue weighted by atomic mass is 9.62. The van der Waals surface area contributed by atoms with E-state index in [-0.39, 0.29) is 40.6 Å². The van der Waals surface area contributed by atoms with Crippen molar-refractivity contribution in [2.24, 2.45) is 11.1 Å². The smallest absolute Gasteiger partial charge is 0.323 e. The maximum absolute atomic E-state index is 15.8. The molecule has 1 saturated heterocycles. The highest BCUT2D eigenvalue weighted by molar-refractivity contribution is 7.88. The van der Waals surface area contributed by atoms with Crippen molar-refractivity contribution < 1.29 is 36.6 Å². The van der Waals surface area contributed by atoms with Crippen molar-refractivity contribution in [3.05, 3.63) is 69.2 Å². The number of primary amides is 1. The normalized spacial score (nSPS) is 22.8. The molecule has 1 heterocycles. The van der Waals surface area contributed by atoms with E-state index >= 15 is 8.78 Å². The molecule has 5 N–H and O–H groups in total. The van der Waals surface area contributed by atoms with Gasteiger partial charge in [-0.1, -0.05) is 55.2 Å².